The summed E-state index contributed by atoms with van der Waals surface area (Å²) in [5.41, 5.74) is -8.93. The van der Waals surface area contributed by atoms with Crippen molar-refractivity contribution in [2.45, 2.75) is 135 Å². The Labute approximate surface area is 626 Å². The van der Waals surface area contributed by atoms with Crippen LogP contribution in [0.25, 0.3) is 0 Å². The first-order valence-corrected chi connectivity index (χ1v) is 33.4. The minimum absolute atomic E-state index is 0.0315. The number of carbonyl (C=O) groups excluding carboxylic acids is 8. The average molecular weight is 1600 g/mol. The van der Waals surface area contributed by atoms with Crippen molar-refractivity contribution >= 4 is 53.7 Å². The van der Waals surface area contributed by atoms with Crippen molar-refractivity contribution in [3.05, 3.63) is 121 Å². The molecule has 0 saturated carbocycles. The number of hydrogen-bond donors (Lipinski definition) is 27. The van der Waals surface area contributed by atoms with Gasteiger partial charge in [0.1, 0.15) is 84.7 Å². The van der Waals surface area contributed by atoms with Crippen LogP contribution in [0.5, 0.6) is 63.2 Å². The molecule has 44 nitrogen and oxygen atoms in total. The molecule has 0 radical (unpaired) electrons. The van der Waals surface area contributed by atoms with Gasteiger partial charge in [0.15, 0.2) is 94.5 Å². The smallest absolute Gasteiger partial charge is 0.339 e. The van der Waals surface area contributed by atoms with Crippen molar-refractivity contribution in [2.75, 3.05) is 13.2 Å². The number of benzene rings is 4. The van der Waals surface area contributed by atoms with Gasteiger partial charge in [-0.05, 0) is 44.0 Å². The summed E-state index contributed by atoms with van der Waals surface area (Å²) in [6.07, 6.45) is -37.5. The third-order valence-electron chi connectivity index (χ3n) is 21.2. The van der Waals surface area contributed by atoms with E-state index in [9.17, 15) is 176 Å². The summed E-state index contributed by atoms with van der Waals surface area (Å²) >= 11 is 0. The van der Waals surface area contributed by atoms with E-state index >= 15 is 4.79 Å². The largest absolute Gasteiger partial charge is 0.508 e. The number of carboxylic acid groups (broad SMARTS) is 1. The van der Waals surface area contributed by atoms with Gasteiger partial charge in [-0.3, -0.25) is 14.4 Å². The van der Waals surface area contributed by atoms with Crippen LogP contribution in [0.4, 0.5) is 0 Å². The predicted molar refractivity (Wildman–Crippen MR) is 348 cm³/mol. The zero-order valence-electron chi connectivity index (χ0n) is 57.0. The number of phenols is 11. The van der Waals surface area contributed by atoms with Gasteiger partial charge in [0.2, 0.25) is 17.2 Å². The number of esters is 8. The lowest BCUT2D eigenvalue weighted by molar-refractivity contribution is -0.224. The van der Waals surface area contributed by atoms with E-state index in [1.165, 1.54) is 6.92 Å². The number of aliphatic hydroxyl groups excluding tert-OH is 15. The third-order valence-corrected chi connectivity index (χ3v) is 21.2. The van der Waals surface area contributed by atoms with Crippen LogP contribution in [0.1, 0.15) is 106 Å². The van der Waals surface area contributed by atoms with Crippen molar-refractivity contribution in [2.24, 2.45) is 23.7 Å². The van der Waals surface area contributed by atoms with E-state index < -0.39 is 367 Å². The van der Waals surface area contributed by atoms with Gasteiger partial charge >= 0.3 is 53.7 Å². The number of aromatic hydroxyl groups is 11. The number of hydrogen-bond acceptors (Lipinski definition) is 43. The Morgan fingerprint density at radius 1 is 0.460 bits per heavy atom. The van der Waals surface area contributed by atoms with Gasteiger partial charge in [-0.25, -0.2) is 28.8 Å². The second kappa shape index (κ2) is 29.2. The highest BCUT2D eigenvalue weighted by molar-refractivity contribution is 6.00. The van der Waals surface area contributed by atoms with Gasteiger partial charge in [-0.15, -0.1) is 0 Å². The van der Waals surface area contributed by atoms with E-state index in [4.69, 9.17) is 37.9 Å². The zero-order valence-corrected chi connectivity index (χ0v) is 57.0. The maximum atomic E-state index is 15.0. The topological polar surface area (TPSA) is 774 Å². The molecule has 1 fully saturated rings. The molecule has 4 aliphatic carbocycles. The predicted octanol–water partition coefficient (Wildman–Crippen LogP) is -3.20. The van der Waals surface area contributed by atoms with Crippen LogP contribution in [0.3, 0.4) is 0 Å². The number of cyclic esters (lactones) is 3. The summed E-state index contributed by atoms with van der Waals surface area (Å²) in [6.45, 7) is -1.27. The summed E-state index contributed by atoms with van der Waals surface area (Å²) in [5.74, 6) is -52.8. The van der Waals surface area contributed by atoms with E-state index in [0.717, 1.165) is 12.1 Å². The maximum absolute atomic E-state index is 15.0. The SMILES string of the molecule is Cc1c(O)cc(C(=O)OC2COC(=O)[C@H]3C[C@@H](O)C(O)=C(O)[C@H]3c3c(cc(O)c(O)c3O)C(=O)OC2C(O)C(O)C(=O)O)cc1O.O=C1OC2COC(=O)[C@H]3C[C@@H](O)C(O)=C(O)[C@H]3c3c(cc(O)c(O)c3O)C(=O)OC2C2OC(=O)c3c(c(O)c(O)c(O)c3[C@@H]3C(O)=C(O)[C@H](O)[C@H]4C3C(=O)OC2[C@@H]4O)[C@@H]2C=C1[C@H](O)[C@H](O)C2O. The molecule has 113 heavy (non-hydrogen) atoms. The molecule has 10 unspecified atom stereocenters. The highest BCUT2D eigenvalue weighted by Gasteiger charge is 2.64. The highest BCUT2D eigenvalue weighted by atomic mass is 16.7. The first-order valence-electron chi connectivity index (χ1n) is 33.4. The maximum Gasteiger partial charge on any atom is 0.339 e. The lowest BCUT2D eigenvalue weighted by atomic mass is 9.63. The molecular formula is C69H66O44. The normalized spacial score (nSPS) is 32.1. The van der Waals surface area contributed by atoms with Gasteiger partial charge in [0.25, 0.3) is 0 Å². The van der Waals surface area contributed by atoms with Crippen molar-refractivity contribution in [1.29, 1.82) is 0 Å². The summed E-state index contributed by atoms with van der Waals surface area (Å²) in [4.78, 5) is 124. The average Bonchev–Trinajstić information content (AvgIpc) is 0.722. The molecule has 1 saturated heterocycles. The number of carboxylic acids is 1. The standard InChI is InChI=1S/C41H38O26.C28H28O18/c42-9-2-6-13(24(48)22(9)46)14-7(3-10(43)23(47)25(14)49)38(59)65-34-11(4-63-37(6)58)64-39(60)8-1-5(20(44)31(55)21(8)45)12-17-15(27(51)32(56)26(12)50)16-18-19(29(53)33(57)28(16)52)30(54)35(66-41(18)62)36(34)67-40(17)61;1-7-11(29)2-8(3-12(7)30)26(41)45-15-6-44-27(42)9-4-13(31)18(33)20(35)16(9)17-10(5-14(32)19(34)21(17)36)28(43)46-24(15)22(37)23(38)25(39)40/h1,3,5-6,9,11,13,16,18-21,29-31,34-36,42-57H,2,4H2;2-3,5,9,13,15-16,22-24,29-38H,4,6H2,1H3,(H,39,40)/t5-,6-,9+,11?,13+,16-,18?,19+,20?,21-,29+,30+,31+,34?,35?,36?;9-,13+,15?,16+,22?,23?,24?/m00/s1. The van der Waals surface area contributed by atoms with E-state index in [-0.39, 0.29) is 5.56 Å². The van der Waals surface area contributed by atoms with E-state index in [1.54, 1.807) is 0 Å². The number of carbonyl (C=O) groups is 9. The van der Waals surface area contributed by atoms with Gasteiger partial charge in [0.05, 0.1) is 69.4 Å². The van der Waals surface area contributed by atoms with Crippen LogP contribution in [0.15, 0.2) is 70.5 Å². The molecule has 0 spiro atoms. The lowest BCUT2D eigenvalue weighted by Crippen LogP contribution is -2.65. The number of allylic oxidation sites excluding steroid dienone is 3. The van der Waals surface area contributed by atoms with Crippen LogP contribution in [0.2, 0.25) is 0 Å². The van der Waals surface area contributed by atoms with Crippen molar-refractivity contribution < 1.29 is 219 Å². The van der Waals surface area contributed by atoms with E-state index in [2.05, 4.69) is 0 Å². The second-order valence-corrected chi connectivity index (χ2v) is 27.5. The minimum Gasteiger partial charge on any atom is -0.508 e. The molecule has 4 aromatic rings. The number of fused-ring (bicyclic) bond motifs is 10. The molecule has 8 bridgehead atoms. The Morgan fingerprint density at radius 3 is 1.48 bits per heavy atom. The quantitative estimate of drug-likeness (QED) is 0.0531. The summed E-state index contributed by atoms with van der Waals surface area (Å²) in [7, 11) is 0. The van der Waals surface area contributed by atoms with Crippen LogP contribution in [-0.4, -0.2) is 296 Å². The molecule has 14 rings (SSSR count). The number of aliphatic hydroxyl groups is 15. The van der Waals surface area contributed by atoms with Gasteiger partial charge in [-0.2, -0.15) is 0 Å². The first kappa shape index (κ1) is 79.8. The van der Waals surface area contributed by atoms with Crippen LogP contribution < -0.4 is 0 Å². The summed E-state index contributed by atoms with van der Waals surface area (Å²) in [5, 5.41) is 292. The highest BCUT2D eigenvalue weighted by Crippen LogP contribution is 2.60. The first-order chi connectivity index (χ1) is 52.9. The molecule has 606 valence electrons. The third kappa shape index (κ3) is 13.0. The van der Waals surface area contributed by atoms with Crippen molar-refractivity contribution in [3.8, 4) is 63.2 Å². The molecule has 27 N–H and O–H groups in total. The van der Waals surface area contributed by atoms with Crippen LogP contribution >= 0.6 is 0 Å². The summed E-state index contributed by atoms with van der Waals surface area (Å²) in [6, 6.07) is 2.59. The Bertz CT molecular complexity index is 4850. The molecule has 4 aromatic carbocycles. The molecule has 6 aliphatic heterocycles. The van der Waals surface area contributed by atoms with E-state index in [1.807, 2.05) is 0 Å². The Kier molecular flexibility index (Phi) is 20.6. The van der Waals surface area contributed by atoms with Gasteiger partial charge < -0.3 is 176 Å². The lowest BCUT2D eigenvalue weighted by Gasteiger charge is -2.50. The Morgan fingerprint density at radius 2 is 0.947 bits per heavy atom. The fraction of sp³-hybridized carbons (Fsp3) is 0.406. The van der Waals surface area contributed by atoms with Crippen molar-refractivity contribution in [1.82, 2.24) is 0 Å². The van der Waals surface area contributed by atoms with Crippen LogP contribution in [0, 0.1) is 30.6 Å². The zero-order chi connectivity index (χ0) is 83.1. The summed E-state index contributed by atoms with van der Waals surface area (Å²) < 4.78 is 43.9. The van der Waals surface area contributed by atoms with E-state index in [0.29, 0.717) is 18.2 Å². The number of ether oxygens (including phenoxy) is 8. The molecule has 10 aliphatic rings. The van der Waals surface area contributed by atoms with Gasteiger partial charge in [0, 0.05) is 39.7 Å². The second-order valence-electron chi connectivity index (χ2n) is 27.5. The molecule has 44 heteroatoms. The molecular weight excluding hydrogens is 1530 g/mol. The van der Waals surface area contributed by atoms with Crippen molar-refractivity contribution in [3.63, 3.8) is 0 Å². The fourth-order valence-electron chi connectivity index (χ4n) is 15.4. The molecule has 23 atom stereocenters. The number of aliphatic carboxylic acids is 1. The van der Waals surface area contributed by atoms with Crippen LogP contribution in [-0.2, 0) is 61.9 Å². The number of phenolic OH excluding ortho intramolecular Hbond substituents is 11. The fourth-order valence-corrected chi connectivity index (χ4v) is 15.4. The van der Waals surface area contributed by atoms with Gasteiger partial charge in [-0.1, -0.05) is 6.08 Å². The number of rotatable bonds is 5. The Hall–Kier alpha value is -12.7. The Balaban J connectivity index is 0.000000225. The molecule has 0 amide bonds. The minimum atomic E-state index is -2.74. The monoisotopic (exact) mass is 1600 g/mol. The molecule has 0 aromatic heterocycles. The molecule has 6 heterocycles.